The molecule has 1 aliphatic heterocycles. The molecule has 0 aliphatic carbocycles. The van der Waals surface area contributed by atoms with Crippen LogP contribution in [0.4, 0.5) is 4.79 Å². The fourth-order valence-corrected chi connectivity index (χ4v) is 1.87. The van der Waals surface area contributed by atoms with Crippen LogP contribution in [0.5, 0.6) is 0 Å². The Kier molecular flexibility index (Phi) is 2.95. The zero-order valence-electron chi connectivity index (χ0n) is 9.75. The Bertz CT molecular complexity index is 434. The number of likely N-dealkylation sites (N-methyl/N-ethyl adjacent to an activating group) is 1. The molecule has 0 aromatic carbocycles. The van der Waals surface area contributed by atoms with Gasteiger partial charge in [-0.3, -0.25) is 14.7 Å². The number of nitrogens with one attached hydrogen (secondary N) is 1. The van der Waals surface area contributed by atoms with Crippen LogP contribution in [0.2, 0.25) is 0 Å². The quantitative estimate of drug-likeness (QED) is 0.754. The van der Waals surface area contributed by atoms with Gasteiger partial charge in [0.15, 0.2) is 6.04 Å². The molecule has 3 amide bonds. The van der Waals surface area contributed by atoms with Gasteiger partial charge in [-0.2, -0.15) is 0 Å². The normalized spacial score (nSPS) is 19.6. The highest BCUT2D eigenvalue weighted by molar-refractivity contribution is 5.90. The van der Waals surface area contributed by atoms with Gasteiger partial charge < -0.3 is 10.2 Å². The summed E-state index contributed by atoms with van der Waals surface area (Å²) >= 11 is 0. The van der Waals surface area contributed by atoms with E-state index < -0.39 is 6.04 Å². The summed E-state index contributed by atoms with van der Waals surface area (Å²) in [5, 5.41) is 2.53. The first-order chi connectivity index (χ1) is 8.15. The Morgan fingerprint density at radius 2 is 2.29 bits per heavy atom. The molecule has 1 N–H and O–H groups in total. The van der Waals surface area contributed by atoms with E-state index in [1.807, 2.05) is 0 Å². The molecule has 17 heavy (non-hydrogen) atoms. The van der Waals surface area contributed by atoms with Crippen LogP contribution in [0.1, 0.15) is 11.7 Å². The molecule has 6 heteroatoms. The maximum atomic E-state index is 12.0. The second-order valence-electron chi connectivity index (χ2n) is 3.86. The Morgan fingerprint density at radius 3 is 2.88 bits per heavy atom. The lowest BCUT2D eigenvalue weighted by Gasteiger charge is -2.20. The van der Waals surface area contributed by atoms with Crippen molar-refractivity contribution in [1.29, 1.82) is 0 Å². The van der Waals surface area contributed by atoms with Crippen LogP contribution in [0.3, 0.4) is 0 Å². The molecule has 0 radical (unpaired) electrons. The largest absolute Gasteiger partial charge is 0.341 e. The summed E-state index contributed by atoms with van der Waals surface area (Å²) in [6.45, 7) is 0.278. The van der Waals surface area contributed by atoms with Crippen molar-refractivity contribution in [2.75, 3.05) is 20.8 Å². The fraction of sp³-hybridized carbons (Fsp3) is 0.364. The second kappa shape index (κ2) is 4.40. The molecule has 1 saturated heterocycles. The topological polar surface area (TPSA) is 65.5 Å². The number of carbonyl (C=O) groups excluding carboxylic acids is 2. The first-order valence-corrected chi connectivity index (χ1v) is 5.29. The molecule has 0 spiro atoms. The SMILES string of the molecule is CNC(=O)N1CN(C)C(=O)[C@@H]1c1ccccn1. The van der Waals surface area contributed by atoms with Crippen molar-refractivity contribution in [2.45, 2.75) is 6.04 Å². The molecule has 0 unspecified atom stereocenters. The van der Waals surface area contributed by atoms with Crippen molar-refractivity contribution in [2.24, 2.45) is 0 Å². The monoisotopic (exact) mass is 234 g/mol. The van der Waals surface area contributed by atoms with Crippen LogP contribution in [0, 0.1) is 0 Å². The number of carbonyl (C=O) groups is 2. The fourth-order valence-electron chi connectivity index (χ4n) is 1.87. The van der Waals surface area contributed by atoms with Crippen molar-refractivity contribution in [3.8, 4) is 0 Å². The number of urea groups is 1. The van der Waals surface area contributed by atoms with Crippen LogP contribution in [-0.2, 0) is 4.79 Å². The smallest absolute Gasteiger partial charge is 0.319 e. The lowest BCUT2D eigenvalue weighted by Crippen LogP contribution is -2.39. The summed E-state index contributed by atoms with van der Waals surface area (Å²) in [5.41, 5.74) is 0.588. The number of aromatic nitrogens is 1. The number of hydrogen-bond donors (Lipinski definition) is 1. The van der Waals surface area contributed by atoms with Gasteiger partial charge in [-0.25, -0.2) is 4.79 Å². The van der Waals surface area contributed by atoms with Crippen molar-refractivity contribution in [1.82, 2.24) is 20.1 Å². The number of pyridine rings is 1. The molecule has 0 bridgehead atoms. The highest BCUT2D eigenvalue weighted by atomic mass is 16.2. The molecule has 90 valence electrons. The molecular formula is C11H14N4O2. The molecule has 0 saturated carbocycles. The number of rotatable bonds is 1. The summed E-state index contributed by atoms with van der Waals surface area (Å²) in [6, 6.07) is 4.42. The van der Waals surface area contributed by atoms with E-state index >= 15 is 0 Å². The standard InChI is InChI=1S/C11H14N4O2/c1-12-11(17)15-7-14(2)10(16)9(15)8-5-3-4-6-13-8/h3-6,9H,7H2,1-2H3,(H,12,17)/t9-/m0/s1. The van der Waals surface area contributed by atoms with E-state index in [2.05, 4.69) is 10.3 Å². The lowest BCUT2D eigenvalue weighted by molar-refractivity contribution is -0.128. The van der Waals surface area contributed by atoms with Crippen molar-refractivity contribution >= 4 is 11.9 Å². The maximum Gasteiger partial charge on any atom is 0.319 e. The highest BCUT2D eigenvalue weighted by Crippen LogP contribution is 2.26. The minimum Gasteiger partial charge on any atom is -0.341 e. The van der Waals surface area contributed by atoms with Crippen LogP contribution in [0.15, 0.2) is 24.4 Å². The van der Waals surface area contributed by atoms with Gasteiger partial charge >= 0.3 is 6.03 Å². The zero-order valence-corrected chi connectivity index (χ0v) is 9.75. The van der Waals surface area contributed by atoms with Gasteiger partial charge in [0.2, 0.25) is 0 Å². The van der Waals surface area contributed by atoms with E-state index in [-0.39, 0.29) is 18.6 Å². The van der Waals surface area contributed by atoms with E-state index in [1.54, 1.807) is 38.5 Å². The van der Waals surface area contributed by atoms with E-state index in [0.29, 0.717) is 5.69 Å². The van der Waals surface area contributed by atoms with Gasteiger partial charge in [0, 0.05) is 20.3 Å². The average molecular weight is 234 g/mol. The van der Waals surface area contributed by atoms with E-state index in [4.69, 9.17) is 0 Å². The molecule has 1 aromatic rings. The number of amides is 3. The van der Waals surface area contributed by atoms with Crippen LogP contribution in [0.25, 0.3) is 0 Å². The van der Waals surface area contributed by atoms with E-state index in [1.165, 1.54) is 9.80 Å². The molecule has 6 nitrogen and oxygen atoms in total. The molecule has 1 aromatic heterocycles. The summed E-state index contributed by atoms with van der Waals surface area (Å²) in [4.78, 5) is 30.8. The highest BCUT2D eigenvalue weighted by Gasteiger charge is 2.40. The third-order valence-corrected chi connectivity index (χ3v) is 2.73. The summed E-state index contributed by atoms with van der Waals surface area (Å²) in [7, 11) is 3.21. The zero-order chi connectivity index (χ0) is 12.4. The Balaban J connectivity index is 2.35. The van der Waals surface area contributed by atoms with Crippen molar-refractivity contribution < 1.29 is 9.59 Å². The van der Waals surface area contributed by atoms with Gasteiger partial charge in [-0.15, -0.1) is 0 Å². The summed E-state index contributed by atoms with van der Waals surface area (Å²) in [6.07, 6.45) is 1.61. The Morgan fingerprint density at radius 1 is 1.53 bits per heavy atom. The summed E-state index contributed by atoms with van der Waals surface area (Å²) in [5.74, 6) is -0.118. The van der Waals surface area contributed by atoms with Gasteiger partial charge in [-0.05, 0) is 12.1 Å². The second-order valence-corrected chi connectivity index (χ2v) is 3.86. The van der Waals surface area contributed by atoms with E-state index in [0.717, 1.165) is 0 Å². The van der Waals surface area contributed by atoms with Crippen LogP contribution < -0.4 is 5.32 Å². The first-order valence-electron chi connectivity index (χ1n) is 5.29. The summed E-state index contributed by atoms with van der Waals surface area (Å²) < 4.78 is 0. The maximum absolute atomic E-state index is 12.0. The average Bonchev–Trinajstić information content (AvgIpc) is 2.66. The molecule has 1 aliphatic rings. The number of hydrogen-bond acceptors (Lipinski definition) is 3. The number of nitrogens with zero attached hydrogens (tertiary/aromatic N) is 3. The molecular weight excluding hydrogens is 220 g/mol. The first kappa shape index (κ1) is 11.4. The Hall–Kier alpha value is -2.11. The van der Waals surface area contributed by atoms with Gasteiger partial charge in [-0.1, -0.05) is 6.07 Å². The minimum atomic E-state index is -0.624. The van der Waals surface area contributed by atoms with Crippen molar-refractivity contribution in [3.05, 3.63) is 30.1 Å². The van der Waals surface area contributed by atoms with Gasteiger partial charge in [0.05, 0.1) is 12.4 Å². The van der Waals surface area contributed by atoms with Crippen molar-refractivity contribution in [3.63, 3.8) is 0 Å². The van der Waals surface area contributed by atoms with E-state index in [9.17, 15) is 9.59 Å². The third kappa shape index (κ3) is 1.93. The minimum absolute atomic E-state index is 0.118. The lowest BCUT2D eigenvalue weighted by atomic mass is 10.1. The molecule has 2 rings (SSSR count). The third-order valence-electron chi connectivity index (χ3n) is 2.73. The van der Waals surface area contributed by atoms with Crippen LogP contribution >= 0.6 is 0 Å². The molecule has 1 fully saturated rings. The van der Waals surface area contributed by atoms with Gasteiger partial charge in [0.25, 0.3) is 5.91 Å². The predicted molar refractivity (Wildman–Crippen MR) is 60.9 cm³/mol. The van der Waals surface area contributed by atoms with Gasteiger partial charge in [0.1, 0.15) is 0 Å². The molecule has 2 heterocycles. The Labute approximate surface area is 99.2 Å². The molecule has 1 atom stereocenters. The van der Waals surface area contributed by atoms with Crippen LogP contribution in [-0.4, -0.2) is 47.5 Å². The predicted octanol–water partition coefficient (Wildman–Crippen LogP) is 0.194.